The molecule has 0 radical (unpaired) electrons. The van der Waals surface area contributed by atoms with Gasteiger partial charge in [-0.05, 0) is 70.3 Å². The molecular formula is C34H27ClN2O. The Morgan fingerprint density at radius 1 is 0.737 bits per heavy atom. The normalized spacial score (nSPS) is 10.7. The van der Waals surface area contributed by atoms with Crippen molar-refractivity contribution >= 4 is 34.3 Å². The summed E-state index contributed by atoms with van der Waals surface area (Å²) in [6, 6.07) is 36.0. The first kappa shape index (κ1) is 25.1. The van der Waals surface area contributed by atoms with E-state index in [1.165, 1.54) is 0 Å². The van der Waals surface area contributed by atoms with Crippen molar-refractivity contribution in [1.82, 2.24) is 4.98 Å². The third kappa shape index (κ3) is 5.10. The summed E-state index contributed by atoms with van der Waals surface area (Å²) < 4.78 is 0. The molecule has 0 saturated carbocycles. The molecule has 3 nitrogen and oxygen atoms in total. The van der Waals surface area contributed by atoms with Crippen molar-refractivity contribution < 1.29 is 5.11 Å². The highest BCUT2D eigenvalue weighted by atomic mass is 35.5. The first-order chi connectivity index (χ1) is 18.4. The van der Waals surface area contributed by atoms with E-state index in [1.807, 2.05) is 103 Å². The zero-order chi connectivity index (χ0) is 26.6. The zero-order valence-electron chi connectivity index (χ0n) is 21.1. The van der Waals surface area contributed by atoms with Crippen molar-refractivity contribution in [3.63, 3.8) is 0 Å². The number of pyridine rings is 1. The number of aliphatic hydroxyl groups is 1. The van der Waals surface area contributed by atoms with Gasteiger partial charge in [0.05, 0.1) is 17.6 Å². The Balaban J connectivity index is 1.46. The van der Waals surface area contributed by atoms with Gasteiger partial charge in [-0.1, -0.05) is 91.5 Å². The maximum absolute atomic E-state index is 10.6. The molecule has 186 valence electrons. The summed E-state index contributed by atoms with van der Waals surface area (Å²) in [6.07, 6.45) is 1.82. The van der Waals surface area contributed by atoms with E-state index in [1.54, 1.807) is 0 Å². The van der Waals surface area contributed by atoms with Gasteiger partial charge in [0, 0.05) is 28.9 Å². The highest BCUT2D eigenvalue weighted by Gasteiger charge is 2.15. The van der Waals surface area contributed by atoms with Crippen LogP contribution >= 0.6 is 11.6 Å². The van der Waals surface area contributed by atoms with Gasteiger partial charge in [-0.25, -0.2) is 0 Å². The first-order valence-corrected chi connectivity index (χ1v) is 12.6. The minimum absolute atomic E-state index is 0.00501. The van der Waals surface area contributed by atoms with Gasteiger partial charge in [-0.3, -0.25) is 4.98 Å². The largest absolute Gasteiger partial charge is 0.508 e. The van der Waals surface area contributed by atoms with Crippen molar-refractivity contribution in [2.75, 3.05) is 11.9 Å². The molecule has 0 aliphatic heterocycles. The molecule has 1 aromatic heterocycles. The number of hydrogen-bond acceptors (Lipinski definition) is 3. The summed E-state index contributed by atoms with van der Waals surface area (Å²) in [7, 11) is 1.99. The molecule has 5 aromatic rings. The van der Waals surface area contributed by atoms with Gasteiger partial charge >= 0.3 is 0 Å². The van der Waals surface area contributed by atoms with Gasteiger partial charge in [0.1, 0.15) is 5.76 Å². The Bertz CT molecular complexity index is 1610. The lowest BCUT2D eigenvalue weighted by Crippen LogP contribution is -2.09. The van der Waals surface area contributed by atoms with Crippen LogP contribution < -0.4 is 4.90 Å². The van der Waals surface area contributed by atoms with E-state index >= 15 is 0 Å². The number of benzene rings is 4. The highest BCUT2D eigenvalue weighted by molar-refractivity contribution is 6.30. The molecule has 0 spiro atoms. The Morgan fingerprint density at radius 2 is 1.39 bits per heavy atom. The smallest absolute Gasteiger partial charge is 0.116 e. The highest BCUT2D eigenvalue weighted by Crippen LogP contribution is 2.37. The first-order valence-electron chi connectivity index (χ1n) is 12.2. The Kier molecular flexibility index (Phi) is 7.12. The summed E-state index contributed by atoms with van der Waals surface area (Å²) >= 11 is 6.03. The predicted molar refractivity (Wildman–Crippen MR) is 161 cm³/mol. The Hall–Kier alpha value is -4.60. The summed E-state index contributed by atoms with van der Waals surface area (Å²) in [5, 5.41) is 11.3. The number of anilines is 2. The van der Waals surface area contributed by atoms with Gasteiger partial charge in [-0.2, -0.15) is 0 Å². The fourth-order valence-corrected chi connectivity index (χ4v) is 4.64. The molecule has 38 heavy (non-hydrogen) atoms. The second-order valence-corrected chi connectivity index (χ2v) is 9.47. The number of halogens is 1. The van der Waals surface area contributed by atoms with Gasteiger partial charge in [0.15, 0.2) is 0 Å². The lowest BCUT2D eigenvalue weighted by atomic mass is 9.89. The Morgan fingerprint density at radius 3 is 2.05 bits per heavy atom. The number of rotatable bonds is 7. The van der Waals surface area contributed by atoms with E-state index in [0.717, 1.165) is 50.5 Å². The number of aromatic nitrogens is 1. The van der Waals surface area contributed by atoms with Crippen molar-refractivity contribution in [3.05, 3.63) is 150 Å². The molecule has 0 aliphatic rings. The summed E-state index contributed by atoms with van der Waals surface area (Å²) in [4.78, 5) is 6.72. The van der Waals surface area contributed by atoms with Crippen LogP contribution in [0, 0.1) is 0 Å². The van der Waals surface area contributed by atoms with Crippen LogP contribution in [0.4, 0.5) is 11.4 Å². The second kappa shape index (κ2) is 10.8. The standard InChI is InChI=1S/C34H27ClN2O/c1-23(34-20-18-29(22-36-34)37(3)28-16-14-27(35)15-17-28)26-13-19-32(33(21-26)24(2)38)31-12-8-7-11-30(31)25-9-5-4-6-10-25/h4-22,38H,1-2H2,3H3. The molecule has 0 unspecified atom stereocenters. The van der Waals surface area contributed by atoms with E-state index in [0.29, 0.717) is 10.6 Å². The SMILES string of the molecule is C=C(c1ccc(-c2ccccc2-c2ccccc2)c(C(=C)O)c1)c1ccc(N(C)c2ccc(Cl)cc2)cn1. The van der Waals surface area contributed by atoms with Crippen molar-refractivity contribution in [3.8, 4) is 22.3 Å². The van der Waals surface area contributed by atoms with Gasteiger partial charge < -0.3 is 10.0 Å². The monoisotopic (exact) mass is 514 g/mol. The van der Waals surface area contributed by atoms with Gasteiger partial charge in [-0.15, -0.1) is 0 Å². The maximum Gasteiger partial charge on any atom is 0.116 e. The fourth-order valence-electron chi connectivity index (χ4n) is 4.52. The molecule has 0 fully saturated rings. The van der Waals surface area contributed by atoms with Crippen molar-refractivity contribution in [2.24, 2.45) is 0 Å². The van der Waals surface area contributed by atoms with Crippen LogP contribution in [0.25, 0.3) is 33.6 Å². The maximum atomic E-state index is 10.6. The fraction of sp³-hybridized carbons (Fsp3) is 0.0294. The van der Waals surface area contributed by atoms with E-state index in [9.17, 15) is 5.11 Å². The van der Waals surface area contributed by atoms with E-state index in [-0.39, 0.29) is 5.76 Å². The van der Waals surface area contributed by atoms with Crippen LogP contribution in [0.5, 0.6) is 0 Å². The predicted octanol–water partition coefficient (Wildman–Crippen LogP) is 9.43. The second-order valence-electron chi connectivity index (χ2n) is 9.03. The molecule has 5 rings (SSSR count). The van der Waals surface area contributed by atoms with Crippen molar-refractivity contribution in [1.29, 1.82) is 0 Å². The molecule has 4 aromatic carbocycles. The van der Waals surface area contributed by atoms with Crippen LogP contribution in [0.3, 0.4) is 0 Å². The van der Waals surface area contributed by atoms with Crippen molar-refractivity contribution in [2.45, 2.75) is 0 Å². The van der Waals surface area contributed by atoms with Crippen LogP contribution in [0.2, 0.25) is 5.02 Å². The average molecular weight is 515 g/mol. The average Bonchev–Trinajstić information content (AvgIpc) is 2.97. The lowest BCUT2D eigenvalue weighted by molar-refractivity contribution is 0.514. The molecule has 0 amide bonds. The summed E-state index contributed by atoms with van der Waals surface area (Å²) in [5.41, 5.74) is 9.12. The van der Waals surface area contributed by atoms with E-state index in [4.69, 9.17) is 11.6 Å². The molecule has 0 bridgehead atoms. The van der Waals surface area contributed by atoms with E-state index < -0.39 is 0 Å². The number of hydrogen-bond donors (Lipinski definition) is 1. The topological polar surface area (TPSA) is 36.4 Å². The molecule has 1 N–H and O–H groups in total. The minimum Gasteiger partial charge on any atom is -0.508 e. The minimum atomic E-state index is 0.00501. The number of nitrogens with zero attached hydrogens (tertiary/aromatic N) is 2. The Labute approximate surface area is 228 Å². The van der Waals surface area contributed by atoms with Crippen LogP contribution in [-0.4, -0.2) is 17.1 Å². The van der Waals surface area contributed by atoms with Crippen LogP contribution in [0.1, 0.15) is 16.8 Å². The summed E-state index contributed by atoms with van der Waals surface area (Å²) in [6.45, 7) is 8.15. The van der Waals surface area contributed by atoms with Gasteiger partial charge in [0.25, 0.3) is 0 Å². The van der Waals surface area contributed by atoms with Crippen LogP contribution in [0.15, 0.2) is 129 Å². The third-order valence-corrected chi connectivity index (χ3v) is 6.89. The molecule has 4 heteroatoms. The lowest BCUT2D eigenvalue weighted by Gasteiger charge is -2.20. The molecule has 0 atom stereocenters. The molecule has 1 heterocycles. The third-order valence-electron chi connectivity index (χ3n) is 6.64. The summed E-state index contributed by atoms with van der Waals surface area (Å²) in [5.74, 6) is 0.00501. The molecule has 0 aliphatic carbocycles. The molecule has 0 saturated heterocycles. The number of aliphatic hydroxyl groups excluding tert-OH is 1. The van der Waals surface area contributed by atoms with Gasteiger partial charge in [0.2, 0.25) is 0 Å². The van der Waals surface area contributed by atoms with Crippen LogP contribution in [-0.2, 0) is 0 Å². The van der Waals surface area contributed by atoms with E-state index in [2.05, 4.69) is 42.4 Å². The quantitative estimate of drug-likeness (QED) is 0.220. The zero-order valence-corrected chi connectivity index (χ0v) is 21.9. The molecular weight excluding hydrogens is 488 g/mol.